The molecular weight excluding hydrogens is 270 g/mol. The van der Waals surface area contributed by atoms with Crippen molar-refractivity contribution in [2.45, 2.75) is 44.8 Å². The zero-order chi connectivity index (χ0) is 15.1. The molecule has 2 rings (SSSR count). The molecule has 1 aromatic rings. The molecule has 21 heavy (non-hydrogen) atoms. The van der Waals surface area contributed by atoms with Gasteiger partial charge in [0.2, 0.25) is 11.8 Å². The molecule has 0 aromatic carbocycles. The Bertz CT molecular complexity index is 460. The average Bonchev–Trinajstić information content (AvgIpc) is 2.88. The van der Waals surface area contributed by atoms with E-state index in [0.29, 0.717) is 19.5 Å². The van der Waals surface area contributed by atoms with Crippen LogP contribution in [0.5, 0.6) is 0 Å². The Morgan fingerprint density at radius 1 is 1.57 bits per heavy atom. The molecular formula is C14H23N5O2. The summed E-state index contributed by atoms with van der Waals surface area (Å²) < 4.78 is 1.81. The van der Waals surface area contributed by atoms with Crippen molar-refractivity contribution < 1.29 is 9.59 Å². The van der Waals surface area contributed by atoms with Gasteiger partial charge in [-0.2, -0.15) is 5.10 Å². The largest absolute Gasteiger partial charge is 0.354 e. The molecule has 2 atom stereocenters. The van der Waals surface area contributed by atoms with Crippen LogP contribution in [0.3, 0.4) is 0 Å². The first-order valence-electron chi connectivity index (χ1n) is 7.43. The first-order chi connectivity index (χ1) is 10.1. The standard InChI is InChI=1S/C14H23N5O2/c1-11(10-19-8-4-7-17-19)16-9-13(20)18-12-5-2-3-6-15-14(12)21/h4,7-8,11-12,16H,2-3,5-6,9-10H2,1H3,(H,15,21)(H,18,20)/t11-,12-/m1/s1. The number of rotatable bonds is 6. The molecule has 1 aromatic heterocycles. The lowest BCUT2D eigenvalue weighted by Crippen LogP contribution is -2.49. The van der Waals surface area contributed by atoms with Crippen LogP contribution in [0, 0.1) is 0 Å². The number of amides is 2. The van der Waals surface area contributed by atoms with Gasteiger partial charge in [-0.05, 0) is 32.3 Å². The van der Waals surface area contributed by atoms with Gasteiger partial charge in [-0.25, -0.2) is 0 Å². The van der Waals surface area contributed by atoms with Crippen LogP contribution in [0.15, 0.2) is 18.5 Å². The van der Waals surface area contributed by atoms with Gasteiger partial charge >= 0.3 is 0 Å². The predicted octanol–water partition coefficient (Wildman–Crippen LogP) is -0.354. The van der Waals surface area contributed by atoms with Crippen molar-refractivity contribution >= 4 is 11.8 Å². The van der Waals surface area contributed by atoms with Crippen LogP contribution in [-0.4, -0.2) is 46.8 Å². The summed E-state index contributed by atoms with van der Waals surface area (Å²) in [4.78, 5) is 23.6. The number of hydrogen-bond donors (Lipinski definition) is 3. The van der Waals surface area contributed by atoms with Crippen LogP contribution in [0.2, 0.25) is 0 Å². The zero-order valence-electron chi connectivity index (χ0n) is 12.3. The minimum atomic E-state index is -0.400. The van der Waals surface area contributed by atoms with E-state index in [9.17, 15) is 9.59 Å². The van der Waals surface area contributed by atoms with Crippen LogP contribution in [0.25, 0.3) is 0 Å². The second-order valence-electron chi connectivity index (χ2n) is 5.42. The summed E-state index contributed by atoms with van der Waals surface area (Å²) in [5, 5.41) is 12.9. The number of carbonyl (C=O) groups excluding carboxylic acids is 2. The van der Waals surface area contributed by atoms with Gasteiger partial charge in [0.1, 0.15) is 6.04 Å². The Morgan fingerprint density at radius 2 is 2.43 bits per heavy atom. The van der Waals surface area contributed by atoms with Crippen LogP contribution in [0.4, 0.5) is 0 Å². The molecule has 1 fully saturated rings. The van der Waals surface area contributed by atoms with Crippen LogP contribution >= 0.6 is 0 Å². The Labute approximate surface area is 124 Å². The molecule has 1 saturated heterocycles. The molecule has 1 aliphatic rings. The molecule has 1 aliphatic heterocycles. The van der Waals surface area contributed by atoms with E-state index >= 15 is 0 Å². The lowest BCUT2D eigenvalue weighted by Gasteiger charge is -2.17. The SMILES string of the molecule is C[C@H](Cn1cccn1)NCC(=O)N[C@@H]1CCCCNC1=O. The van der Waals surface area contributed by atoms with E-state index in [1.807, 2.05) is 23.9 Å². The number of carbonyl (C=O) groups is 2. The predicted molar refractivity (Wildman–Crippen MR) is 78.5 cm³/mol. The fourth-order valence-electron chi connectivity index (χ4n) is 2.34. The summed E-state index contributed by atoms with van der Waals surface area (Å²) in [7, 11) is 0. The molecule has 3 N–H and O–H groups in total. The second-order valence-corrected chi connectivity index (χ2v) is 5.42. The summed E-state index contributed by atoms with van der Waals surface area (Å²) >= 11 is 0. The third-order valence-corrected chi connectivity index (χ3v) is 3.50. The van der Waals surface area contributed by atoms with Crippen molar-refractivity contribution in [1.29, 1.82) is 0 Å². The molecule has 0 unspecified atom stereocenters. The molecule has 0 saturated carbocycles. The lowest BCUT2D eigenvalue weighted by atomic mass is 10.1. The summed E-state index contributed by atoms with van der Waals surface area (Å²) in [6.07, 6.45) is 6.24. The fraction of sp³-hybridized carbons (Fsp3) is 0.643. The van der Waals surface area contributed by atoms with Crippen molar-refractivity contribution in [3.63, 3.8) is 0 Å². The maximum absolute atomic E-state index is 11.9. The smallest absolute Gasteiger partial charge is 0.242 e. The second kappa shape index (κ2) is 7.78. The highest BCUT2D eigenvalue weighted by Crippen LogP contribution is 2.04. The van der Waals surface area contributed by atoms with Crippen molar-refractivity contribution in [2.24, 2.45) is 0 Å². The van der Waals surface area contributed by atoms with Crippen molar-refractivity contribution in [2.75, 3.05) is 13.1 Å². The molecule has 0 spiro atoms. The molecule has 0 aliphatic carbocycles. The first-order valence-corrected chi connectivity index (χ1v) is 7.43. The number of aromatic nitrogens is 2. The van der Waals surface area contributed by atoms with E-state index in [1.54, 1.807) is 6.20 Å². The van der Waals surface area contributed by atoms with Gasteiger partial charge in [0.05, 0.1) is 13.1 Å². The highest BCUT2D eigenvalue weighted by molar-refractivity contribution is 5.88. The van der Waals surface area contributed by atoms with E-state index in [0.717, 1.165) is 12.8 Å². The maximum Gasteiger partial charge on any atom is 0.242 e. The molecule has 7 heteroatoms. The Hall–Kier alpha value is -1.89. The molecule has 0 bridgehead atoms. The number of hydrogen-bond acceptors (Lipinski definition) is 4. The van der Waals surface area contributed by atoms with E-state index < -0.39 is 6.04 Å². The Morgan fingerprint density at radius 3 is 3.19 bits per heavy atom. The highest BCUT2D eigenvalue weighted by Gasteiger charge is 2.22. The van der Waals surface area contributed by atoms with Crippen molar-refractivity contribution in [3.05, 3.63) is 18.5 Å². The van der Waals surface area contributed by atoms with Gasteiger partial charge in [-0.15, -0.1) is 0 Å². The topological polar surface area (TPSA) is 88.1 Å². The van der Waals surface area contributed by atoms with Crippen molar-refractivity contribution in [3.8, 4) is 0 Å². The number of nitrogens with zero attached hydrogens (tertiary/aromatic N) is 2. The van der Waals surface area contributed by atoms with Gasteiger partial charge < -0.3 is 16.0 Å². The average molecular weight is 293 g/mol. The zero-order valence-corrected chi connectivity index (χ0v) is 12.3. The van der Waals surface area contributed by atoms with Gasteiger partial charge in [0, 0.05) is 25.0 Å². The minimum absolute atomic E-state index is 0.0783. The molecule has 2 heterocycles. The highest BCUT2D eigenvalue weighted by atomic mass is 16.2. The summed E-state index contributed by atoms with van der Waals surface area (Å²) in [5.41, 5.74) is 0. The first kappa shape index (κ1) is 15.5. The maximum atomic E-state index is 11.9. The van der Waals surface area contributed by atoms with Crippen LogP contribution in [0.1, 0.15) is 26.2 Å². The van der Waals surface area contributed by atoms with Gasteiger partial charge in [-0.1, -0.05) is 0 Å². The molecule has 0 radical (unpaired) electrons. The Balaban J connectivity index is 1.70. The van der Waals surface area contributed by atoms with Crippen LogP contribution in [-0.2, 0) is 16.1 Å². The third-order valence-electron chi connectivity index (χ3n) is 3.50. The minimum Gasteiger partial charge on any atom is -0.354 e. The van der Waals surface area contributed by atoms with E-state index in [2.05, 4.69) is 21.0 Å². The fourth-order valence-corrected chi connectivity index (χ4v) is 2.34. The van der Waals surface area contributed by atoms with Gasteiger partial charge in [0.25, 0.3) is 0 Å². The number of nitrogens with one attached hydrogen (secondary N) is 3. The van der Waals surface area contributed by atoms with Crippen molar-refractivity contribution in [1.82, 2.24) is 25.7 Å². The van der Waals surface area contributed by atoms with E-state index in [-0.39, 0.29) is 24.4 Å². The monoisotopic (exact) mass is 293 g/mol. The summed E-state index contributed by atoms with van der Waals surface area (Å²) in [6, 6.07) is 1.59. The van der Waals surface area contributed by atoms with E-state index in [4.69, 9.17) is 0 Å². The summed E-state index contributed by atoms with van der Waals surface area (Å²) in [6.45, 7) is 3.59. The normalized spacial score (nSPS) is 20.4. The van der Waals surface area contributed by atoms with Gasteiger partial charge in [-0.3, -0.25) is 14.3 Å². The third kappa shape index (κ3) is 5.18. The van der Waals surface area contributed by atoms with Gasteiger partial charge in [0.15, 0.2) is 0 Å². The molecule has 7 nitrogen and oxygen atoms in total. The quantitative estimate of drug-likeness (QED) is 0.669. The van der Waals surface area contributed by atoms with E-state index in [1.165, 1.54) is 0 Å². The molecule has 2 amide bonds. The van der Waals surface area contributed by atoms with Crippen LogP contribution < -0.4 is 16.0 Å². The summed E-state index contributed by atoms with van der Waals surface area (Å²) in [5.74, 6) is -0.227. The Kier molecular flexibility index (Phi) is 5.74. The lowest BCUT2D eigenvalue weighted by molar-refractivity contribution is -0.128. The molecule has 116 valence electrons.